The normalized spacial score (nSPS) is 17.3. The second kappa shape index (κ2) is 2.23. The van der Waals surface area contributed by atoms with Crippen molar-refractivity contribution in [1.82, 2.24) is 0 Å². The van der Waals surface area contributed by atoms with Gasteiger partial charge in [0.15, 0.2) is 6.21 Å². The highest BCUT2D eigenvalue weighted by molar-refractivity contribution is 6.10. The van der Waals surface area contributed by atoms with E-state index in [1.807, 2.05) is 24.3 Å². The van der Waals surface area contributed by atoms with Crippen molar-refractivity contribution < 1.29 is 10.1 Å². The van der Waals surface area contributed by atoms with Crippen LogP contribution >= 0.6 is 0 Å². The number of fused-ring (bicyclic) bond motifs is 1. The van der Waals surface area contributed by atoms with Gasteiger partial charge in [-0.1, -0.05) is 12.1 Å². The second-order valence-corrected chi connectivity index (χ2v) is 2.42. The van der Waals surface area contributed by atoms with Gasteiger partial charge >= 0.3 is 0 Å². The first kappa shape index (κ1) is 6.16. The van der Waals surface area contributed by atoms with E-state index in [0.29, 0.717) is 0 Å². The number of hydrogen-bond donors (Lipinski definition) is 2. The first-order valence-electron chi connectivity index (χ1n) is 3.45. The molecular formula is C9H8NO+. The van der Waals surface area contributed by atoms with Crippen LogP contribution in [0.25, 0.3) is 5.57 Å². The number of nitrogens with one attached hydrogen (secondary N) is 1. The molecule has 1 aliphatic rings. The van der Waals surface area contributed by atoms with E-state index in [2.05, 4.69) is 4.99 Å². The summed E-state index contributed by atoms with van der Waals surface area (Å²) in [5.41, 5.74) is 2.93. The number of benzene rings is 1. The molecule has 0 aliphatic carbocycles. The number of para-hydroxylation sites is 1. The summed E-state index contributed by atoms with van der Waals surface area (Å²) >= 11 is 0. The SMILES string of the molecule is O/C=C1\C=[NH+]c2ccccc21. The first-order valence-corrected chi connectivity index (χ1v) is 3.45. The molecule has 0 aromatic heterocycles. The summed E-state index contributed by atoms with van der Waals surface area (Å²) in [5, 5.41) is 8.78. The van der Waals surface area contributed by atoms with E-state index in [0.717, 1.165) is 23.1 Å². The van der Waals surface area contributed by atoms with Crippen LogP contribution in [0.1, 0.15) is 5.56 Å². The van der Waals surface area contributed by atoms with Crippen molar-refractivity contribution in [2.45, 2.75) is 0 Å². The zero-order valence-electron chi connectivity index (χ0n) is 5.91. The van der Waals surface area contributed by atoms with E-state index >= 15 is 0 Å². The average molecular weight is 146 g/mol. The van der Waals surface area contributed by atoms with Gasteiger partial charge in [-0.25, -0.2) is 4.99 Å². The zero-order chi connectivity index (χ0) is 7.68. The van der Waals surface area contributed by atoms with Crippen molar-refractivity contribution in [3.63, 3.8) is 0 Å². The minimum Gasteiger partial charge on any atom is -0.515 e. The lowest BCUT2D eigenvalue weighted by molar-refractivity contribution is -0.342. The van der Waals surface area contributed by atoms with Crippen LogP contribution in [-0.2, 0) is 0 Å². The fourth-order valence-electron chi connectivity index (χ4n) is 1.20. The van der Waals surface area contributed by atoms with Crippen LogP contribution in [0.3, 0.4) is 0 Å². The molecule has 11 heavy (non-hydrogen) atoms. The van der Waals surface area contributed by atoms with Crippen LogP contribution in [0.5, 0.6) is 0 Å². The van der Waals surface area contributed by atoms with Crippen LogP contribution in [0.4, 0.5) is 5.69 Å². The molecule has 2 nitrogen and oxygen atoms in total. The van der Waals surface area contributed by atoms with E-state index in [-0.39, 0.29) is 0 Å². The maximum Gasteiger partial charge on any atom is 0.211 e. The summed E-state index contributed by atoms with van der Waals surface area (Å²) in [6.45, 7) is 0. The Morgan fingerprint density at radius 3 is 2.91 bits per heavy atom. The summed E-state index contributed by atoms with van der Waals surface area (Å²) in [6, 6.07) is 7.85. The third-order valence-corrected chi connectivity index (χ3v) is 1.76. The van der Waals surface area contributed by atoms with Gasteiger partial charge in [0, 0.05) is 6.07 Å². The van der Waals surface area contributed by atoms with Crippen molar-refractivity contribution in [1.29, 1.82) is 0 Å². The molecule has 2 heteroatoms. The quantitative estimate of drug-likeness (QED) is 0.510. The van der Waals surface area contributed by atoms with Crippen molar-refractivity contribution in [3.8, 4) is 0 Å². The fraction of sp³-hybridized carbons (Fsp3) is 0. The summed E-state index contributed by atoms with van der Waals surface area (Å²) in [5.74, 6) is 0. The van der Waals surface area contributed by atoms with Crippen LogP contribution in [0, 0.1) is 0 Å². The molecule has 1 aromatic rings. The molecule has 0 bridgehead atoms. The molecule has 0 fully saturated rings. The standard InChI is InChI=1S/C9H7NO/c11-6-7-5-10-9-4-2-1-3-8(7)9/h1-6,11H/p+1/b7-6+. The van der Waals surface area contributed by atoms with Crippen molar-refractivity contribution in [2.24, 2.45) is 0 Å². The lowest BCUT2D eigenvalue weighted by Crippen LogP contribution is -2.58. The maximum absolute atomic E-state index is 8.78. The highest BCUT2D eigenvalue weighted by atomic mass is 16.2. The van der Waals surface area contributed by atoms with Gasteiger partial charge in [-0.2, -0.15) is 0 Å². The Bertz CT molecular complexity index is 339. The van der Waals surface area contributed by atoms with Crippen LogP contribution in [0.15, 0.2) is 30.5 Å². The molecule has 1 aromatic carbocycles. The van der Waals surface area contributed by atoms with Gasteiger partial charge in [0.1, 0.15) is 0 Å². The molecule has 0 atom stereocenters. The smallest absolute Gasteiger partial charge is 0.211 e. The minimum atomic E-state index is 0.834. The minimum absolute atomic E-state index is 0.834. The van der Waals surface area contributed by atoms with Gasteiger partial charge in [0.05, 0.1) is 17.4 Å². The lowest BCUT2D eigenvalue weighted by atomic mass is 10.1. The van der Waals surface area contributed by atoms with Gasteiger partial charge in [0.2, 0.25) is 5.69 Å². The van der Waals surface area contributed by atoms with E-state index in [9.17, 15) is 0 Å². The Kier molecular flexibility index (Phi) is 1.25. The third-order valence-electron chi connectivity index (χ3n) is 1.76. The van der Waals surface area contributed by atoms with Crippen LogP contribution in [0.2, 0.25) is 0 Å². The number of aliphatic hydroxyl groups excluding tert-OH is 1. The van der Waals surface area contributed by atoms with Gasteiger partial charge in [-0.05, 0) is 6.07 Å². The molecule has 0 unspecified atom stereocenters. The Balaban J connectivity index is 2.63. The highest BCUT2D eigenvalue weighted by Crippen LogP contribution is 2.19. The van der Waals surface area contributed by atoms with Crippen LogP contribution in [-0.4, -0.2) is 11.3 Å². The summed E-state index contributed by atoms with van der Waals surface area (Å²) in [6.07, 6.45) is 2.89. The Morgan fingerprint density at radius 2 is 2.09 bits per heavy atom. The molecule has 1 heterocycles. The highest BCUT2D eigenvalue weighted by Gasteiger charge is 2.16. The predicted octanol–water partition coefficient (Wildman–Crippen LogP) is 0.382. The Morgan fingerprint density at radius 1 is 1.27 bits per heavy atom. The summed E-state index contributed by atoms with van der Waals surface area (Å²) in [4.78, 5) is 3.05. The molecular weight excluding hydrogens is 138 g/mol. The number of hydrogen-bond acceptors (Lipinski definition) is 1. The largest absolute Gasteiger partial charge is 0.515 e. The Labute approximate surface area is 64.5 Å². The van der Waals surface area contributed by atoms with E-state index in [1.54, 1.807) is 6.21 Å². The van der Waals surface area contributed by atoms with Crippen LogP contribution < -0.4 is 4.99 Å². The monoisotopic (exact) mass is 146 g/mol. The maximum atomic E-state index is 8.78. The first-order chi connectivity index (χ1) is 5.42. The van der Waals surface area contributed by atoms with E-state index < -0.39 is 0 Å². The number of rotatable bonds is 0. The van der Waals surface area contributed by atoms with Gasteiger partial charge in [0.25, 0.3) is 0 Å². The van der Waals surface area contributed by atoms with Crippen molar-refractivity contribution in [3.05, 3.63) is 36.1 Å². The molecule has 0 spiro atoms. The molecule has 0 amide bonds. The predicted molar refractivity (Wildman–Crippen MR) is 43.7 cm³/mol. The Hall–Kier alpha value is -1.57. The molecule has 1 aliphatic heterocycles. The molecule has 0 radical (unpaired) electrons. The van der Waals surface area contributed by atoms with Gasteiger partial charge < -0.3 is 5.11 Å². The summed E-state index contributed by atoms with van der Waals surface area (Å²) < 4.78 is 0. The molecule has 0 saturated carbocycles. The third kappa shape index (κ3) is 0.835. The average Bonchev–Trinajstić information content (AvgIpc) is 2.47. The zero-order valence-corrected chi connectivity index (χ0v) is 5.91. The van der Waals surface area contributed by atoms with Gasteiger partial charge in [-0.3, -0.25) is 0 Å². The van der Waals surface area contributed by atoms with Gasteiger partial charge in [-0.15, -0.1) is 0 Å². The molecule has 0 saturated heterocycles. The molecule has 2 N–H and O–H groups in total. The number of aliphatic hydroxyl groups is 1. The topological polar surface area (TPSA) is 34.2 Å². The number of allylic oxidation sites excluding steroid dienone is 1. The molecule has 54 valence electrons. The van der Waals surface area contributed by atoms with E-state index in [4.69, 9.17) is 5.11 Å². The van der Waals surface area contributed by atoms with E-state index in [1.165, 1.54) is 0 Å². The van der Waals surface area contributed by atoms with Crippen molar-refractivity contribution >= 4 is 17.5 Å². The second-order valence-electron chi connectivity index (χ2n) is 2.42. The fourth-order valence-corrected chi connectivity index (χ4v) is 1.20. The molecule has 2 rings (SSSR count). The van der Waals surface area contributed by atoms with Crippen molar-refractivity contribution in [2.75, 3.05) is 0 Å². The summed E-state index contributed by atoms with van der Waals surface area (Å²) in [7, 11) is 0. The lowest BCUT2D eigenvalue weighted by Gasteiger charge is -1.89.